The highest BCUT2D eigenvalue weighted by Crippen LogP contribution is 2.42. The lowest BCUT2D eigenvalue weighted by Gasteiger charge is -2.30. The van der Waals surface area contributed by atoms with Crippen molar-refractivity contribution in [3.63, 3.8) is 0 Å². The highest BCUT2D eigenvalue weighted by molar-refractivity contribution is 7.19. The summed E-state index contributed by atoms with van der Waals surface area (Å²) in [6, 6.07) is 15.3. The van der Waals surface area contributed by atoms with Gasteiger partial charge in [0.05, 0.1) is 10.6 Å². The lowest BCUT2D eigenvalue weighted by Crippen LogP contribution is -2.39. The van der Waals surface area contributed by atoms with Crippen molar-refractivity contribution >= 4 is 16.5 Å². The summed E-state index contributed by atoms with van der Waals surface area (Å²) in [5.74, 6) is -2.23. The fourth-order valence-corrected chi connectivity index (χ4v) is 3.89. The third-order valence-electron chi connectivity index (χ3n) is 5.10. The minimum absolute atomic E-state index is 0.325. The standard InChI is InChI=1S/C24H28F2N2OS/c1-15(2)18-11-6-7-12-19(18)20-21(30-22(27)28-20)16-9-8-10-17(13-16)29-14-24(25,26)23(3,4)5/h6-13,15H,14H2,1-5H3,(H2,27,28). The van der Waals surface area contributed by atoms with E-state index in [1.165, 1.54) is 37.7 Å². The third kappa shape index (κ3) is 4.64. The Hall–Kier alpha value is -2.47. The molecule has 30 heavy (non-hydrogen) atoms. The van der Waals surface area contributed by atoms with E-state index in [1.54, 1.807) is 18.2 Å². The van der Waals surface area contributed by atoms with Crippen LogP contribution in [0.4, 0.5) is 13.9 Å². The smallest absolute Gasteiger partial charge is 0.286 e. The minimum Gasteiger partial charge on any atom is -0.487 e. The summed E-state index contributed by atoms with van der Waals surface area (Å²) < 4.78 is 34.1. The third-order valence-corrected chi connectivity index (χ3v) is 6.03. The summed E-state index contributed by atoms with van der Waals surface area (Å²) in [6.07, 6.45) is 0. The molecular weight excluding hydrogens is 402 g/mol. The highest BCUT2D eigenvalue weighted by Gasteiger charge is 2.43. The average molecular weight is 431 g/mol. The molecule has 0 bridgehead atoms. The van der Waals surface area contributed by atoms with Crippen LogP contribution in [0.5, 0.6) is 5.75 Å². The number of hydrogen-bond donors (Lipinski definition) is 1. The topological polar surface area (TPSA) is 48.1 Å². The zero-order valence-electron chi connectivity index (χ0n) is 18.0. The number of nitrogens with two attached hydrogens (primary N) is 1. The quantitative estimate of drug-likeness (QED) is 0.448. The fourth-order valence-electron chi connectivity index (χ4n) is 3.05. The Balaban J connectivity index is 1.97. The van der Waals surface area contributed by atoms with Crippen molar-refractivity contribution in [3.05, 3.63) is 54.1 Å². The molecule has 0 amide bonds. The van der Waals surface area contributed by atoms with Gasteiger partial charge in [-0.15, -0.1) is 0 Å². The van der Waals surface area contributed by atoms with Gasteiger partial charge in [0.15, 0.2) is 11.7 Å². The van der Waals surface area contributed by atoms with Gasteiger partial charge < -0.3 is 10.5 Å². The van der Waals surface area contributed by atoms with Crippen molar-refractivity contribution in [2.45, 2.75) is 46.5 Å². The van der Waals surface area contributed by atoms with E-state index in [-0.39, 0.29) is 0 Å². The number of halogens is 2. The molecule has 3 rings (SSSR count). The van der Waals surface area contributed by atoms with Crippen LogP contribution in [0.1, 0.15) is 46.1 Å². The van der Waals surface area contributed by atoms with E-state index >= 15 is 0 Å². The van der Waals surface area contributed by atoms with Crippen LogP contribution in [-0.2, 0) is 0 Å². The van der Waals surface area contributed by atoms with E-state index in [0.717, 1.165) is 21.7 Å². The first-order valence-corrected chi connectivity index (χ1v) is 10.8. The predicted molar refractivity (Wildman–Crippen MR) is 121 cm³/mol. The predicted octanol–water partition coefficient (Wildman–Crippen LogP) is 7.24. The molecule has 0 aliphatic carbocycles. The van der Waals surface area contributed by atoms with E-state index in [4.69, 9.17) is 10.5 Å². The summed E-state index contributed by atoms with van der Waals surface area (Å²) in [5.41, 5.74) is 8.74. The maximum absolute atomic E-state index is 14.3. The number of anilines is 1. The molecule has 1 heterocycles. The van der Waals surface area contributed by atoms with Crippen LogP contribution in [-0.4, -0.2) is 17.5 Å². The molecule has 0 atom stereocenters. The van der Waals surface area contributed by atoms with Crippen LogP contribution in [0.25, 0.3) is 21.7 Å². The number of ether oxygens (including phenoxy) is 1. The minimum atomic E-state index is -2.95. The summed E-state index contributed by atoms with van der Waals surface area (Å²) in [4.78, 5) is 5.48. The molecule has 0 fully saturated rings. The molecule has 6 heteroatoms. The number of alkyl halides is 2. The zero-order chi connectivity index (χ0) is 22.1. The maximum Gasteiger partial charge on any atom is 0.286 e. The van der Waals surface area contributed by atoms with Crippen LogP contribution in [0.3, 0.4) is 0 Å². The number of aromatic nitrogens is 1. The Kier molecular flexibility index (Phi) is 6.18. The molecule has 2 aromatic carbocycles. The number of benzene rings is 2. The average Bonchev–Trinajstić information content (AvgIpc) is 3.07. The summed E-state index contributed by atoms with van der Waals surface area (Å²) >= 11 is 1.38. The van der Waals surface area contributed by atoms with Crippen molar-refractivity contribution in [1.29, 1.82) is 0 Å². The number of hydrogen-bond acceptors (Lipinski definition) is 4. The van der Waals surface area contributed by atoms with Crippen LogP contribution in [0.2, 0.25) is 0 Å². The molecule has 0 spiro atoms. The molecule has 1 aromatic heterocycles. The molecule has 0 aliphatic heterocycles. The van der Waals surface area contributed by atoms with Gasteiger partial charge in [0.25, 0.3) is 5.92 Å². The van der Waals surface area contributed by atoms with E-state index in [9.17, 15) is 8.78 Å². The second-order valence-electron chi connectivity index (χ2n) is 8.74. The lowest BCUT2D eigenvalue weighted by atomic mass is 9.88. The Morgan fingerprint density at radius 2 is 1.77 bits per heavy atom. The van der Waals surface area contributed by atoms with Crippen LogP contribution < -0.4 is 10.5 Å². The van der Waals surface area contributed by atoms with Crippen molar-refractivity contribution in [1.82, 2.24) is 4.98 Å². The Morgan fingerprint density at radius 1 is 1.07 bits per heavy atom. The zero-order valence-corrected chi connectivity index (χ0v) is 18.8. The SMILES string of the molecule is CC(C)c1ccccc1-c1nc(N)sc1-c1cccc(OCC(F)(F)C(C)(C)C)c1. The maximum atomic E-state index is 14.3. The largest absolute Gasteiger partial charge is 0.487 e. The second kappa shape index (κ2) is 8.34. The Labute approximate surface area is 180 Å². The number of rotatable bonds is 6. The molecule has 0 aliphatic rings. The second-order valence-corrected chi connectivity index (χ2v) is 9.77. The summed E-state index contributed by atoms with van der Waals surface area (Å²) in [7, 11) is 0. The molecule has 0 radical (unpaired) electrons. The van der Waals surface area contributed by atoms with Crippen molar-refractivity contribution in [2.24, 2.45) is 5.41 Å². The van der Waals surface area contributed by atoms with E-state index in [1.807, 2.05) is 24.3 Å². The van der Waals surface area contributed by atoms with Crippen LogP contribution in [0, 0.1) is 5.41 Å². The molecule has 2 N–H and O–H groups in total. The van der Waals surface area contributed by atoms with Crippen LogP contribution in [0.15, 0.2) is 48.5 Å². The molecule has 0 unspecified atom stereocenters. The van der Waals surface area contributed by atoms with Crippen molar-refractivity contribution in [2.75, 3.05) is 12.3 Å². The van der Waals surface area contributed by atoms with Gasteiger partial charge in [0.2, 0.25) is 0 Å². The van der Waals surface area contributed by atoms with Crippen molar-refractivity contribution < 1.29 is 13.5 Å². The van der Waals surface area contributed by atoms with E-state index in [2.05, 4.69) is 24.9 Å². The molecule has 0 saturated carbocycles. The van der Waals surface area contributed by atoms with E-state index < -0.39 is 17.9 Å². The number of nitrogen functional groups attached to an aromatic ring is 1. The van der Waals surface area contributed by atoms with Gasteiger partial charge in [-0.25, -0.2) is 13.8 Å². The van der Waals surface area contributed by atoms with Gasteiger partial charge in [0, 0.05) is 11.0 Å². The monoisotopic (exact) mass is 430 g/mol. The first-order chi connectivity index (χ1) is 14.0. The van der Waals surface area contributed by atoms with Gasteiger partial charge >= 0.3 is 0 Å². The Bertz CT molecular complexity index is 1020. The lowest BCUT2D eigenvalue weighted by molar-refractivity contribution is -0.123. The van der Waals surface area contributed by atoms with Gasteiger partial charge in [0.1, 0.15) is 5.75 Å². The van der Waals surface area contributed by atoms with E-state index in [0.29, 0.717) is 16.8 Å². The first kappa shape index (κ1) is 22.2. The first-order valence-electron chi connectivity index (χ1n) is 9.96. The van der Waals surface area contributed by atoms with Crippen LogP contribution >= 0.6 is 11.3 Å². The molecule has 3 aromatic rings. The van der Waals surface area contributed by atoms with Gasteiger partial charge in [-0.05, 0) is 29.2 Å². The fraction of sp³-hybridized carbons (Fsp3) is 0.375. The van der Waals surface area contributed by atoms with Gasteiger partial charge in [-0.2, -0.15) is 0 Å². The summed E-state index contributed by atoms with van der Waals surface area (Å²) in [5, 5.41) is 0.462. The Morgan fingerprint density at radius 3 is 2.43 bits per heavy atom. The normalized spacial score (nSPS) is 12.4. The molecule has 160 valence electrons. The van der Waals surface area contributed by atoms with Gasteiger partial charge in [-0.3, -0.25) is 0 Å². The molecular formula is C24H28F2N2OS. The van der Waals surface area contributed by atoms with Gasteiger partial charge in [-0.1, -0.05) is 82.4 Å². The number of nitrogens with zero attached hydrogens (tertiary/aromatic N) is 1. The summed E-state index contributed by atoms with van der Waals surface area (Å²) in [6.45, 7) is 8.12. The molecule has 3 nitrogen and oxygen atoms in total. The van der Waals surface area contributed by atoms with Crippen molar-refractivity contribution in [3.8, 4) is 27.4 Å². The highest BCUT2D eigenvalue weighted by atomic mass is 32.1. The number of thiazole rings is 1. The molecule has 0 saturated heterocycles.